The Kier molecular flexibility index (Phi) is 5.26. The van der Waals surface area contributed by atoms with Crippen LogP contribution in [-0.4, -0.2) is 24.9 Å². The normalized spacial score (nSPS) is 10.0. The third-order valence-electron chi connectivity index (χ3n) is 2.04. The van der Waals surface area contributed by atoms with Crippen molar-refractivity contribution in [2.45, 2.75) is 13.3 Å². The Morgan fingerprint density at radius 2 is 2.27 bits per heavy atom. The van der Waals surface area contributed by atoms with Gasteiger partial charge in [0, 0.05) is 0 Å². The lowest BCUT2D eigenvalue weighted by molar-refractivity contribution is 0.111. The molecule has 2 nitrogen and oxygen atoms in total. The summed E-state index contributed by atoms with van der Waals surface area (Å²) in [4.78, 5) is 10.8. The van der Waals surface area contributed by atoms with Crippen LogP contribution >= 0.6 is 11.8 Å². The summed E-state index contributed by atoms with van der Waals surface area (Å²) in [5.74, 6) is 1.78. The molecule has 0 aliphatic carbocycles. The molecule has 3 heteroatoms. The van der Waals surface area contributed by atoms with E-state index in [4.69, 9.17) is 4.74 Å². The van der Waals surface area contributed by atoms with E-state index in [1.54, 1.807) is 11.8 Å². The molecule has 15 heavy (non-hydrogen) atoms. The predicted octanol–water partition coefficient (Wildman–Crippen LogP) is 2.94. The van der Waals surface area contributed by atoms with Gasteiger partial charge < -0.3 is 4.74 Å². The van der Waals surface area contributed by atoms with E-state index in [9.17, 15) is 4.79 Å². The number of hydrogen-bond donors (Lipinski definition) is 0. The van der Waals surface area contributed by atoms with Crippen molar-refractivity contribution in [2.75, 3.05) is 18.6 Å². The minimum Gasteiger partial charge on any atom is -0.493 e. The zero-order valence-electron chi connectivity index (χ0n) is 9.16. The molecule has 0 unspecified atom stereocenters. The van der Waals surface area contributed by atoms with Crippen LogP contribution in [0.15, 0.2) is 18.2 Å². The Bertz CT molecular complexity index is 323. The second-order valence-corrected chi connectivity index (χ2v) is 4.34. The molecule has 0 aliphatic heterocycles. The lowest BCUT2D eigenvalue weighted by Crippen LogP contribution is -2.01. The number of benzene rings is 1. The SMILES string of the molecule is CSCCCOc1ccc(C)cc1C=O. The van der Waals surface area contributed by atoms with Gasteiger partial charge in [0.2, 0.25) is 0 Å². The molecular formula is C12H16O2S. The molecule has 0 saturated carbocycles. The summed E-state index contributed by atoms with van der Waals surface area (Å²) in [6.07, 6.45) is 3.92. The van der Waals surface area contributed by atoms with Crippen LogP contribution in [0.4, 0.5) is 0 Å². The van der Waals surface area contributed by atoms with Gasteiger partial charge in [-0.1, -0.05) is 11.6 Å². The number of ether oxygens (including phenoxy) is 1. The number of thioether (sulfide) groups is 1. The molecule has 0 atom stereocenters. The summed E-state index contributed by atoms with van der Waals surface area (Å²) < 4.78 is 5.54. The maximum atomic E-state index is 10.8. The van der Waals surface area contributed by atoms with Crippen LogP contribution in [0.2, 0.25) is 0 Å². The Labute approximate surface area is 95.0 Å². The molecular weight excluding hydrogens is 208 g/mol. The van der Waals surface area contributed by atoms with Crippen molar-refractivity contribution < 1.29 is 9.53 Å². The van der Waals surface area contributed by atoms with Crippen molar-refractivity contribution in [1.82, 2.24) is 0 Å². The maximum Gasteiger partial charge on any atom is 0.153 e. The fourth-order valence-corrected chi connectivity index (χ4v) is 1.68. The van der Waals surface area contributed by atoms with E-state index in [1.165, 1.54) is 0 Å². The van der Waals surface area contributed by atoms with Gasteiger partial charge >= 0.3 is 0 Å². The van der Waals surface area contributed by atoms with Crippen molar-refractivity contribution in [3.63, 3.8) is 0 Å². The average Bonchev–Trinajstić information content (AvgIpc) is 2.26. The first-order chi connectivity index (χ1) is 7.27. The fourth-order valence-electron chi connectivity index (χ4n) is 1.28. The van der Waals surface area contributed by atoms with Gasteiger partial charge in [0.15, 0.2) is 6.29 Å². The Hall–Kier alpha value is -0.960. The molecule has 0 fully saturated rings. The van der Waals surface area contributed by atoms with Gasteiger partial charge in [0.05, 0.1) is 12.2 Å². The molecule has 1 aromatic rings. The minimum absolute atomic E-state index is 0.638. The van der Waals surface area contributed by atoms with Crippen LogP contribution in [0.1, 0.15) is 22.3 Å². The van der Waals surface area contributed by atoms with Gasteiger partial charge in [0.1, 0.15) is 5.75 Å². The molecule has 0 heterocycles. The number of carbonyl (C=O) groups excluding carboxylic acids is 1. The van der Waals surface area contributed by atoms with Crippen LogP contribution in [-0.2, 0) is 0 Å². The fraction of sp³-hybridized carbons (Fsp3) is 0.417. The molecule has 0 N–H and O–H groups in total. The van der Waals surface area contributed by atoms with E-state index >= 15 is 0 Å². The summed E-state index contributed by atoms with van der Waals surface area (Å²) in [6.45, 7) is 2.63. The predicted molar refractivity (Wildman–Crippen MR) is 65.1 cm³/mol. The Balaban J connectivity index is 2.56. The first-order valence-corrected chi connectivity index (χ1v) is 6.35. The van der Waals surface area contributed by atoms with Gasteiger partial charge in [0.25, 0.3) is 0 Å². The van der Waals surface area contributed by atoms with E-state index in [2.05, 4.69) is 6.26 Å². The van der Waals surface area contributed by atoms with Gasteiger partial charge in [-0.25, -0.2) is 0 Å². The smallest absolute Gasteiger partial charge is 0.153 e. The number of aldehydes is 1. The molecule has 1 aromatic carbocycles. The summed E-state index contributed by atoms with van der Waals surface area (Å²) in [7, 11) is 0. The molecule has 0 bridgehead atoms. The van der Waals surface area contributed by atoms with Gasteiger partial charge in [-0.2, -0.15) is 11.8 Å². The highest BCUT2D eigenvalue weighted by atomic mass is 32.2. The highest BCUT2D eigenvalue weighted by molar-refractivity contribution is 7.98. The summed E-state index contributed by atoms with van der Waals surface area (Å²) in [6, 6.07) is 5.66. The molecule has 0 amide bonds. The second-order valence-electron chi connectivity index (χ2n) is 3.35. The van der Waals surface area contributed by atoms with E-state index in [-0.39, 0.29) is 0 Å². The first kappa shape index (κ1) is 12.1. The lowest BCUT2D eigenvalue weighted by Gasteiger charge is -2.08. The van der Waals surface area contributed by atoms with Crippen molar-refractivity contribution >= 4 is 18.0 Å². The highest BCUT2D eigenvalue weighted by Crippen LogP contribution is 2.18. The molecule has 1 rings (SSSR count). The van der Waals surface area contributed by atoms with Gasteiger partial charge in [-0.3, -0.25) is 4.79 Å². The van der Waals surface area contributed by atoms with Crippen LogP contribution in [0, 0.1) is 6.92 Å². The van der Waals surface area contributed by atoms with Gasteiger partial charge in [-0.15, -0.1) is 0 Å². The summed E-state index contributed by atoms with van der Waals surface area (Å²) >= 11 is 1.80. The van der Waals surface area contributed by atoms with Crippen molar-refractivity contribution in [1.29, 1.82) is 0 Å². The number of rotatable bonds is 6. The van der Waals surface area contributed by atoms with Crippen LogP contribution < -0.4 is 4.74 Å². The third kappa shape index (κ3) is 3.96. The van der Waals surface area contributed by atoms with Crippen molar-refractivity contribution in [2.24, 2.45) is 0 Å². The number of hydrogen-bond acceptors (Lipinski definition) is 3. The molecule has 0 saturated heterocycles. The van der Waals surface area contributed by atoms with E-state index in [1.807, 2.05) is 25.1 Å². The Morgan fingerprint density at radius 3 is 2.93 bits per heavy atom. The quantitative estimate of drug-likeness (QED) is 0.549. The summed E-state index contributed by atoms with van der Waals surface area (Å²) in [5, 5.41) is 0. The van der Waals surface area contributed by atoms with E-state index in [0.29, 0.717) is 17.9 Å². The van der Waals surface area contributed by atoms with Crippen LogP contribution in [0.3, 0.4) is 0 Å². The maximum absolute atomic E-state index is 10.8. The highest BCUT2D eigenvalue weighted by Gasteiger charge is 2.02. The van der Waals surface area contributed by atoms with E-state index < -0.39 is 0 Å². The van der Waals surface area contributed by atoms with E-state index in [0.717, 1.165) is 24.0 Å². The monoisotopic (exact) mass is 224 g/mol. The van der Waals surface area contributed by atoms with Crippen LogP contribution in [0.5, 0.6) is 5.75 Å². The van der Waals surface area contributed by atoms with Gasteiger partial charge in [-0.05, 0) is 37.5 Å². The molecule has 82 valence electrons. The van der Waals surface area contributed by atoms with Crippen LogP contribution in [0.25, 0.3) is 0 Å². The minimum atomic E-state index is 0.638. The average molecular weight is 224 g/mol. The molecule has 0 aliphatic rings. The topological polar surface area (TPSA) is 26.3 Å². The third-order valence-corrected chi connectivity index (χ3v) is 2.74. The Morgan fingerprint density at radius 1 is 1.47 bits per heavy atom. The zero-order chi connectivity index (χ0) is 11.1. The molecule has 0 radical (unpaired) electrons. The van der Waals surface area contributed by atoms with Crippen molar-refractivity contribution in [3.05, 3.63) is 29.3 Å². The number of aryl methyl sites for hydroxylation is 1. The zero-order valence-corrected chi connectivity index (χ0v) is 9.97. The number of carbonyl (C=O) groups is 1. The van der Waals surface area contributed by atoms with Crippen molar-refractivity contribution in [3.8, 4) is 5.75 Å². The largest absolute Gasteiger partial charge is 0.493 e. The lowest BCUT2D eigenvalue weighted by atomic mass is 10.1. The standard InChI is InChI=1S/C12H16O2S/c1-10-4-5-12(11(8-10)9-13)14-6-3-7-15-2/h4-5,8-9H,3,6-7H2,1-2H3. The first-order valence-electron chi connectivity index (χ1n) is 4.95. The molecule has 0 spiro atoms. The molecule has 0 aromatic heterocycles. The second kappa shape index (κ2) is 6.51. The summed E-state index contributed by atoms with van der Waals surface area (Å²) in [5.41, 5.74) is 1.72.